The molecule has 0 bridgehead atoms. The Morgan fingerprint density at radius 3 is 2.00 bits per heavy atom. The minimum atomic E-state index is 0.867. The van der Waals surface area contributed by atoms with Crippen molar-refractivity contribution in [1.82, 2.24) is 0 Å². The Morgan fingerprint density at radius 2 is 1.44 bits per heavy atom. The molecule has 0 nitrogen and oxygen atoms in total. The van der Waals surface area contributed by atoms with Gasteiger partial charge in [-0.05, 0) is 13.3 Å². The van der Waals surface area contributed by atoms with E-state index < -0.39 is 0 Å². The van der Waals surface area contributed by atoms with Crippen LogP contribution in [0.5, 0.6) is 0 Å². The second kappa shape index (κ2) is 8.00. The highest BCUT2D eigenvalue weighted by atomic mass is 13.9. The molecule has 0 aromatic heterocycles. The molecule has 0 heterocycles. The maximum Gasteiger partial charge on any atom is -0.0352 e. The lowest BCUT2D eigenvalue weighted by molar-refractivity contribution is 0.611. The van der Waals surface area contributed by atoms with Gasteiger partial charge in [0, 0.05) is 0 Å². The fraction of sp³-hybridized carbons (Fsp3) is 0.889. The number of hydrogen-bond donors (Lipinski definition) is 0. The predicted octanol–water partition coefficient (Wildman–Crippen LogP) is 3.45. The van der Waals surface area contributed by atoms with Gasteiger partial charge in [-0.1, -0.05) is 45.4 Å². The van der Waals surface area contributed by atoms with E-state index in [0.717, 1.165) is 6.42 Å². The van der Waals surface area contributed by atoms with Gasteiger partial charge >= 0.3 is 0 Å². The molecule has 0 aromatic carbocycles. The summed E-state index contributed by atoms with van der Waals surface area (Å²) in [5, 5.41) is 0. The minimum Gasteiger partial charge on any atom is -0.0654 e. The van der Waals surface area contributed by atoms with Crippen LogP contribution in [0.25, 0.3) is 0 Å². The van der Waals surface area contributed by atoms with Gasteiger partial charge in [0.15, 0.2) is 0 Å². The molecule has 2 radical (unpaired) electrons. The van der Waals surface area contributed by atoms with Crippen molar-refractivity contribution >= 4 is 0 Å². The Morgan fingerprint density at radius 1 is 0.889 bits per heavy atom. The Hall–Kier alpha value is 0. The number of hydrogen-bond acceptors (Lipinski definition) is 0. The molecule has 0 spiro atoms. The SMILES string of the molecule is [CH]CCCCCCCC. The quantitative estimate of drug-likeness (QED) is 0.478. The summed E-state index contributed by atoms with van der Waals surface area (Å²) in [5.74, 6) is 0. The lowest BCUT2D eigenvalue weighted by Gasteiger charge is -1.95. The first kappa shape index (κ1) is 9.00. The highest BCUT2D eigenvalue weighted by molar-refractivity contribution is 4.44. The van der Waals surface area contributed by atoms with Crippen LogP contribution < -0.4 is 0 Å². The molecule has 0 saturated heterocycles. The van der Waals surface area contributed by atoms with E-state index in [2.05, 4.69) is 6.92 Å². The van der Waals surface area contributed by atoms with Gasteiger partial charge in [0.25, 0.3) is 0 Å². The van der Waals surface area contributed by atoms with Crippen LogP contribution in [0.2, 0.25) is 0 Å². The maximum absolute atomic E-state index is 5.34. The molecule has 0 unspecified atom stereocenters. The number of unbranched alkanes of at least 4 members (excludes halogenated alkanes) is 6. The summed E-state index contributed by atoms with van der Waals surface area (Å²) < 4.78 is 0. The van der Waals surface area contributed by atoms with Crippen molar-refractivity contribution in [3.8, 4) is 0 Å². The van der Waals surface area contributed by atoms with Gasteiger partial charge < -0.3 is 0 Å². The van der Waals surface area contributed by atoms with E-state index in [1.54, 1.807) is 0 Å². The van der Waals surface area contributed by atoms with Gasteiger partial charge in [-0.3, -0.25) is 0 Å². The van der Waals surface area contributed by atoms with Gasteiger partial charge in [-0.25, -0.2) is 0 Å². The molecule has 0 amide bonds. The molecule has 0 rings (SSSR count). The van der Waals surface area contributed by atoms with Gasteiger partial charge in [0.1, 0.15) is 0 Å². The van der Waals surface area contributed by atoms with Crippen LogP contribution in [-0.2, 0) is 0 Å². The normalized spacial score (nSPS) is 10.0. The van der Waals surface area contributed by atoms with Crippen molar-refractivity contribution in [2.75, 3.05) is 0 Å². The first-order chi connectivity index (χ1) is 4.41. The molecule has 0 aliphatic heterocycles. The summed E-state index contributed by atoms with van der Waals surface area (Å²) in [4.78, 5) is 0. The molecular weight excluding hydrogens is 108 g/mol. The fourth-order valence-corrected chi connectivity index (χ4v) is 0.925. The first-order valence-electron chi connectivity index (χ1n) is 4.12. The third-order valence-corrected chi connectivity index (χ3v) is 1.56. The van der Waals surface area contributed by atoms with E-state index in [9.17, 15) is 0 Å². The summed E-state index contributed by atoms with van der Waals surface area (Å²) >= 11 is 0. The molecule has 0 atom stereocenters. The second-order valence-electron chi connectivity index (χ2n) is 2.56. The molecule has 54 valence electrons. The van der Waals surface area contributed by atoms with E-state index in [1.165, 1.54) is 38.5 Å². The zero-order valence-corrected chi connectivity index (χ0v) is 6.53. The van der Waals surface area contributed by atoms with Crippen LogP contribution in [0.3, 0.4) is 0 Å². The van der Waals surface area contributed by atoms with Gasteiger partial charge in [-0.15, -0.1) is 0 Å². The van der Waals surface area contributed by atoms with Crippen molar-refractivity contribution in [2.45, 2.75) is 51.9 Å². The topological polar surface area (TPSA) is 0 Å². The summed E-state index contributed by atoms with van der Waals surface area (Å²) in [5.41, 5.74) is 0. The molecule has 9 heavy (non-hydrogen) atoms. The van der Waals surface area contributed by atoms with Gasteiger partial charge in [0.05, 0.1) is 0 Å². The van der Waals surface area contributed by atoms with E-state index in [0.29, 0.717) is 0 Å². The Bertz CT molecular complexity index is 33.3. The van der Waals surface area contributed by atoms with Crippen molar-refractivity contribution in [1.29, 1.82) is 0 Å². The van der Waals surface area contributed by atoms with E-state index in [-0.39, 0.29) is 0 Å². The lowest BCUT2D eigenvalue weighted by atomic mass is 10.1. The largest absolute Gasteiger partial charge is 0.0654 e. The number of rotatable bonds is 6. The average molecular weight is 126 g/mol. The predicted molar refractivity (Wildman–Crippen MR) is 42.3 cm³/mol. The van der Waals surface area contributed by atoms with E-state index in [4.69, 9.17) is 6.92 Å². The monoisotopic (exact) mass is 126 g/mol. The molecule has 0 aliphatic carbocycles. The summed E-state index contributed by atoms with van der Waals surface area (Å²) in [6.45, 7) is 7.58. The Kier molecular flexibility index (Phi) is 8.00. The summed E-state index contributed by atoms with van der Waals surface area (Å²) in [6, 6.07) is 0. The molecular formula is C9H18. The standard InChI is InChI=1S/C9H18/c1-3-5-7-9-8-6-4-2/h1H,3-9H2,2H3. The van der Waals surface area contributed by atoms with Crippen molar-refractivity contribution in [3.63, 3.8) is 0 Å². The summed E-state index contributed by atoms with van der Waals surface area (Å²) in [6.07, 6.45) is 8.92. The van der Waals surface area contributed by atoms with E-state index in [1.807, 2.05) is 0 Å². The highest BCUT2D eigenvalue weighted by Gasteiger charge is 1.85. The van der Waals surface area contributed by atoms with Gasteiger partial charge in [0.2, 0.25) is 0 Å². The zero-order valence-electron chi connectivity index (χ0n) is 6.53. The van der Waals surface area contributed by atoms with Crippen LogP contribution in [-0.4, -0.2) is 0 Å². The van der Waals surface area contributed by atoms with Crippen LogP contribution in [0.1, 0.15) is 51.9 Å². The Balaban J connectivity index is 2.60. The third kappa shape index (κ3) is 8.00. The third-order valence-electron chi connectivity index (χ3n) is 1.56. The first-order valence-corrected chi connectivity index (χ1v) is 4.12. The van der Waals surface area contributed by atoms with E-state index >= 15 is 0 Å². The molecule has 0 aromatic rings. The maximum atomic E-state index is 5.34. The van der Waals surface area contributed by atoms with Crippen molar-refractivity contribution in [3.05, 3.63) is 6.92 Å². The van der Waals surface area contributed by atoms with Gasteiger partial charge in [-0.2, -0.15) is 0 Å². The van der Waals surface area contributed by atoms with Crippen molar-refractivity contribution < 1.29 is 0 Å². The molecule has 0 N–H and O–H groups in total. The van der Waals surface area contributed by atoms with Crippen LogP contribution in [0, 0.1) is 6.92 Å². The average Bonchev–Trinajstić information content (AvgIpc) is 1.89. The highest BCUT2D eigenvalue weighted by Crippen LogP contribution is 2.05. The molecule has 0 heteroatoms. The summed E-state index contributed by atoms with van der Waals surface area (Å²) in [7, 11) is 0. The van der Waals surface area contributed by atoms with Crippen LogP contribution in [0.15, 0.2) is 0 Å². The molecule has 0 fully saturated rings. The Labute approximate surface area is 59.7 Å². The van der Waals surface area contributed by atoms with Crippen molar-refractivity contribution in [2.24, 2.45) is 0 Å². The lowest BCUT2D eigenvalue weighted by Crippen LogP contribution is -1.76. The fourth-order valence-electron chi connectivity index (χ4n) is 0.925. The van der Waals surface area contributed by atoms with Crippen LogP contribution in [0.4, 0.5) is 0 Å². The molecule has 0 aliphatic rings. The minimum absolute atomic E-state index is 0.867. The zero-order chi connectivity index (χ0) is 6.95. The molecule has 0 saturated carbocycles. The van der Waals surface area contributed by atoms with Crippen LogP contribution >= 0.6 is 0 Å². The smallest absolute Gasteiger partial charge is 0.0352 e. The second-order valence-corrected chi connectivity index (χ2v) is 2.56.